The van der Waals surface area contributed by atoms with Crippen molar-refractivity contribution in [1.82, 2.24) is 15.0 Å². The molecule has 1 saturated heterocycles. The van der Waals surface area contributed by atoms with E-state index in [2.05, 4.69) is 25.6 Å². The fraction of sp³-hybridized carbons (Fsp3) is 0.286. The molecule has 0 unspecified atom stereocenters. The SMILES string of the molecule is Cc1ccc(Nc2cc(-c3ccnc(NC4CCOCC4)n3)ccn2)c(Cl)c1. The highest BCUT2D eigenvalue weighted by atomic mass is 35.5. The van der Waals surface area contributed by atoms with E-state index in [4.69, 9.17) is 16.3 Å². The third-order valence-electron chi connectivity index (χ3n) is 4.65. The molecule has 2 N–H and O–H groups in total. The maximum absolute atomic E-state index is 6.32. The Balaban J connectivity index is 1.53. The van der Waals surface area contributed by atoms with E-state index >= 15 is 0 Å². The van der Waals surface area contributed by atoms with Crippen molar-refractivity contribution in [2.24, 2.45) is 0 Å². The smallest absolute Gasteiger partial charge is 0.223 e. The number of hydrogen-bond acceptors (Lipinski definition) is 6. The summed E-state index contributed by atoms with van der Waals surface area (Å²) in [5, 5.41) is 7.35. The van der Waals surface area contributed by atoms with Gasteiger partial charge in [0.25, 0.3) is 0 Å². The number of pyridine rings is 1. The van der Waals surface area contributed by atoms with E-state index in [0.717, 1.165) is 48.6 Å². The van der Waals surface area contributed by atoms with Crippen molar-refractivity contribution in [2.45, 2.75) is 25.8 Å². The summed E-state index contributed by atoms with van der Waals surface area (Å²) in [5.74, 6) is 1.35. The van der Waals surface area contributed by atoms with E-state index in [9.17, 15) is 0 Å². The van der Waals surface area contributed by atoms with Crippen LogP contribution in [-0.2, 0) is 4.74 Å². The van der Waals surface area contributed by atoms with Crippen LogP contribution in [0.2, 0.25) is 5.02 Å². The molecule has 0 atom stereocenters. The normalized spacial score (nSPS) is 14.6. The highest BCUT2D eigenvalue weighted by molar-refractivity contribution is 6.33. The molecule has 0 spiro atoms. The molecule has 2 aromatic heterocycles. The topological polar surface area (TPSA) is 72.0 Å². The molecular formula is C21H22ClN5O. The number of ether oxygens (including phenoxy) is 1. The first-order chi connectivity index (χ1) is 13.7. The van der Waals surface area contributed by atoms with Gasteiger partial charge in [-0.1, -0.05) is 17.7 Å². The summed E-state index contributed by atoms with van der Waals surface area (Å²) in [7, 11) is 0. The summed E-state index contributed by atoms with van der Waals surface area (Å²) in [6.07, 6.45) is 5.46. The number of aryl methyl sites for hydroxylation is 1. The third-order valence-corrected chi connectivity index (χ3v) is 4.97. The van der Waals surface area contributed by atoms with Gasteiger partial charge in [-0.05, 0) is 55.7 Å². The summed E-state index contributed by atoms with van der Waals surface area (Å²) >= 11 is 6.32. The van der Waals surface area contributed by atoms with Gasteiger partial charge >= 0.3 is 0 Å². The van der Waals surface area contributed by atoms with Crippen LogP contribution in [0.25, 0.3) is 11.3 Å². The molecule has 6 nitrogen and oxygen atoms in total. The molecule has 0 bridgehead atoms. The number of anilines is 3. The first-order valence-electron chi connectivity index (χ1n) is 9.34. The Kier molecular flexibility index (Phi) is 5.69. The Morgan fingerprint density at radius 1 is 1.04 bits per heavy atom. The second-order valence-electron chi connectivity index (χ2n) is 6.83. The number of benzene rings is 1. The van der Waals surface area contributed by atoms with Gasteiger partial charge in [0, 0.05) is 37.2 Å². The Morgan fingerprint density at radius 2 is 1.86 bits per heavy atom. The van der Waals surface area contributed by atoms with Gasteiger partial charge in [0.1, 0.15) is 5.82 Å². The molecule has 4 rings (SSSR count). The van der Waals surface area contributed by atoms with Crippen LogP contribution >= 0.6 is 11.6 Å². The number of halogens is 1. The number of hydrogen-bond donors (Lipinski definition) is 2. The zero-order valence-electron chi connectivity index (χ0n) is 15.7. The molecule has 0 amide bonds. The zero-order valence-corrected chi connectivity index (χ0v) is 16.4. The highest BCUT2D eigenvalue weighted by Gasteiger charge is 2.15. The molecule has 28 heavy (non-hydrogen) atoms. The summed E-state index contributed by atoms with van der Waals surface area (Å²) in [5.41, 5.74) is 3.73. The van der Waals surface area contributed by atoms with E-state index in [0.29, 0.717) is 22.8 Å². The third kappa shape index (κ3) is 4.58. The number of rotatable bonds is 5. The fourth-order valence-corrected chi connectivity index (χ4v) is 3.41. The summed E-state index contributed by atoms with van der Waals surface area (Å²) in [4.78, 5) is 13.4. The van der Waals surface area contributed by atoms with Gasteiger partial charge in [-0.2, -0.15) is 0 Å². The second kappa shape index (κ2) is 8.54. The van der Waals surface area contributed by atoms with Gasteiger partial charge < -0.3 is 15.4 Å². The van der Waals surface area contributed by atoms with Crippen LogP contribution in [0.5, 0.6) is 0 Å². The van der Waals surface area contributed by atoms with Crippen LogP contribution in [0.4, 0.5) is 17.5 Å². The fourth-order valence-electron chi connectivity index (χ4n) is 3.13. The van der Waals surface area contributed by atoms with Crippen molar-refractivity contribution in [3.63, 3.8) is 0 Å². The largest absolute Gasteiger partial charge is 0.381 e. The predicted octanol–water partition coefficient (Wildman–Crippen LogP) is 4.83. The van der Waals surface area contributed by atoms with Gasteiger partial charge in [0.05, 0.1) is 16.4 Å². The Labute approximate surface area is 169 Å². The molecule has 1 aromatic carbocycles. The Morgan fingerprint density at radius 3 is 2.68 bits per heavy atom. The van der Waals surface area contributed by atoms with Crippen molar-refractivity contribution in [3.8, 4) is 11.3 Å². The van der Waals surface area contributed by atoms with Crippen molar-refractivity contribution in [3.05, 3.63) is 59.4 Å². The van der Waals surface area contributed by atoms with Crippen LogP contribution in [0.15, 0.2) is 48.8 Å². The molecule has 7 heteroatoms. The monoisotopic (exact) mass is 395 g/mol. The van der Waals surface area contributed by atoms with Gasteiger partial charge in [-0.25, -0.2) is 15.0 Å². The van der Waals surface area contributed by atoms with Crippen LogP contribution < -0.4 is 10.6 Å². The lowest BCUT2D eigenvalue weighted by atomic mass is 10.1. The van der Waals surface area contributed by atoms with Gasteiger partial charge in [0.2, 0.25) is 5.95 Å². The number of nitrogens with one attached hydrogen (secondary N) is 2. The minimum atomic E-state index is 0.349. The molecule has 0 aliphatic carbocycles. The molecule has 3 heterocycles. The Hall–Kier alpha value is -2.70. The van der Waals surface area contributed by atoms with E-state index < -0.39 is 0 Å². The van der Waals surface area contributed by atoms with Crippen molar-refractivity contribution < 1.29 is 4.74 Å². The lowest BCUT2D eigenvalue weighted by Gasteiger charge is -2.23. The predicted molar refractivity (Wildman–Crippen MR) is 112 cm³/mol. The zero-order chi connectivity index (χ0) is 19.3. The standard InChI is InChI=1S/C21H22ClN5O/c1-14-2-3-19(17(22)12-14)26-20-13-15(4-8-23-20)18-5-9-24-21(27-18)25-16-6-10-28-11-7-16/h2-5,8-9,12-13,16H,6-7,10-11H2,1H3,(H,23,26)(H,24,25,27). The first kappa shape index (κ1) is 18.7. The number of aromatic nitrogens is 3. The van der Waals surface area contributed by atoms with Crippen LogP contribution in [-0.4, -0.2) is 34.2 Å². The van der Waals surface area contributed by atoms with Gasteiger partial charge in [-0.15, -0.1) is 0 Å². The quantitative estimate of drug-likeness (QED) is 0.644. The maximum atomic E-state index is 6.32. The molecule has 0 radical (unpaired) electrons. The van der Waals surface area contributed by atoms with E-state index in [-0.39, 0.29) is 0 Å². The molecule has 3 aromatic rings. The molecule has 1 aliphatic rings. The first-order valence-corrected chi connectivity index (χ1v) is 9.72. The lowest BCUT2D eigenvalue weighted by molar-refractivity contribution is 0.0903. The molecule has 1 fully saturated rings. The summed E-state index contributed by atoms with van der Waals surface area (Å²) in [6, 6.07) is 12.0. The van der Waals surface area contributed by atoms with E-state index in [1.165, 1.54) is 0 Å². The van der Waals surface area contributed by atoms with Gasteiger partial charge in [0.15, 0.2) is 0 Å². The number of nitrogens with zero attached hydrogens (tertiary/aromatic N) is 3. The summed E-state index contributed by atoms with van der Waals surface area (Å²) in [6.45, 7) is 3.56. The highest BCUT2D eigenvalue weighted by Crippen LogP contribution is 2.27. The minimum Gasteiger partial charge on any atom is -0.381 e. The van der Waals surface area contributed by atoms with Crippen molar-refractivity contribution in [1.29, 1.82) is 0 Å². The van der Waals surface area contributed by atoms with Crippen LogP contribution in [0.1, 0.15) is 18.4 Å². The summed E-state index contributed by atoms with van der Waals surface area (Å²) < 4.78 is 5.40. The van der Waals surface area contributed by atoms with Crippen molar-refractivity contribution in [2.75, 3.05) is 23.8 Å². The van der Waals surface area contributed by atoms with Crippen molar-refractivity contribution >= 4 is 29.1 Å². The maximum Gasteiger partial charge on any atom is 0.223 e. The molecule has 144 valence electrons. The van der Waals surface area contributed by atoms with E-state index in [1.807, 2.05) is 43.3 Å². The second-order valence-corrected chi connectivity index (χ2v) is 7.24. The molecular weight excluding hydrogens is 374 g/mol. The Bertz CT molecular complexity index is 959. The molecule has 1 aliphatic heterocycles. The van der Waals surface area contributed by atoms with E-state index in [1.54, 1.807) is 12.4 Å². The van der Waals surface area contributed by atoms with Crippen LogP contribution in [0.3, 0.4) is 0 Å². The molecule has 0 saturated carbocycles. The average molecular weight is 396 g/mol. The lowest BCUT2D eigenvalue weighted by Crippen LogP contribution is -2.28. The van der Waals surface area contributed by atoms with Crippen LogP contribution in [0, 0.1) is 6.92 Å². The minimum absolute atomic E-state index is 0.349. The average Bonchev–Trinajstić information content (AvgIpc) is 2.71. The van der Waals surface area contributed by atoms with Gasteiger partial charge in [-0.3, -0.25) is 0 Å².